The van der Waals surface area contributed by atoms with Gasteiger partial charge in [-0.05, 0) is 216 Å². The first-order valence-electron chi connectivity index (χ1n) is 37.3. The van der Waals surface area contributed by atoms with Crippen LogP contribution in [0.25, 0.3) is 16.8 Å². The lowest BCUT2D eigenvalue weighted by atomic mass is 10.1. The number of amides is 1. The number of aromatic nitrogens is 2. The predicted molar refractivity (Wildman–Crippen MR) is 468 cm³/mol. The average molecular weight is 1480 g/mol. The van der Waals surface area contributed by atoms with E-state index in [2.05, 4.69) is 153 Å². The summed E-state index contributed by atoms with van der Waals surface area (Å²) in [6.07, 6.45) is 24.8. The first-order chi connectivity index (χ1) is 50.0. The highest BCUT2D eigenvalue weighted by molar-refractivity contribution is 6.30. The van der Waals surface area contributed by atoms with Gasteiger partial charge in [0.05, 0.1) is 14.2 Å². The van der Waals surface area contributed by atoms with Crippen molar-refractivity contribution in [3.05, 3.63) is 293 Å². The van der Waals surface area contributed by atoms with Crippen LogP contribution in [0.1, 0.15) is 196 Å². The topological polar surface area (TPSA) is 106 Å². The van der Waals surface area contributed by atoms with Crippen molar-refractivity contribution < 1.29 is 24.1 Å². The third-order valence-electron chi connectivity index (χ3n) is 14.7. The quantitative estimate of drug-likeness (QED) is 0.117. The Morgan fingerprint density at radius 3 is 1.34 bits per heavy atom. The number of pyridine rings is 2. The van der Waals surface area contributed by atoms with Gasteiger partial charge >= 0.3 is 0 Å². The highest BCUT2D eigenvalue weighted by atomic mass is 35.5. The second-order valence-corrected chi connectivity index (χ2v) is 23.5. The third-order valence-corrected chi connectivity index (χ3v) is 15.2. The highest BCUT2D eigenvalue weighted by Gasteiger charge is 2.11. The van der Waals surface area contributed by atoms with Gasteiger partial charge in [0.1, 0.15) is 11.5 Å². The number of carbonyl (C=O) groups is 1. The Kier molecular flexibility index (Phi) is 84.2. The van der Waals surface area contributed by atoms with Gasteiger partial charge in [0.2, 0.25) is 5.91 Å². The molecule has 2 aromatic heterocycles. The molecular weight excluding hydrogens is 1340 g/mol. The number of nitrogens with one attached hydrogen (secondary N) is 1. The fraction of sp³-hybridized carbons (Fsp3) is 0.415. The Morgan fingerprint density at radius 2 is 1.02 bits per heavy atom. The molecule has 2 N–H and O–H groups in total. The minimum atomic E-state index is 0. The van der Waals surface area contributed by atoms with Crippen LogP contribution >= 0.6 is 23.2 Å². The zero-order valence-electron chi connectivity index (χ0n) is 66.9. The Morgan fingerprint density at radius 1 is 0.552 bits per heavy atom. The summed E-state index contributed by atoms with van der Waals surface area (Å²) in [5, 5.41) is 14.2. The molecule has 105 heavy (non-hydrogen) atoms. The molecule has 1 saturated carbocycles. The maximum Gasteiger partial charge on any atom is 0.216 e. The lowest BCUT2D eigenvalue weighted by molar-refractivity contribution is -0.118. The zero-order chi connectivity index (χ0) is 77.8. The molecule has 2 aliphatic rings. The second-order valence-electron chi connectivity index (χ2n) is 22.6. The fourth-order valence-electron chi connectivity index (χ4n) is 8.80. The van der Waals surface area contributed by atoms with E-state index in [0.29, 0.717) is 0 Å². The molecule has 584 valence electrons. The van der Waals surface area contributed by atoms with Crippen molar-refractivity contribution in [1.82, 2.24) is 20.2 Å². The molecule has 1 aliphatic carbocycles. The van der Waals surface area contributed by atoms with Crippen LogP contribution in [-0.2, 0) is 41.6 Å². The SMILES string of the molecule is C.C.C=CC.C=Cc1ccccc1.CC.CCC1CCCC1.CCN1CCCC1.CCNC(C)=O.CCO.CCOC.CCc1ccc(OC)cc1.CCc1cccc(Cl)c1.CCc1ccccc1.CCc1ccccn1.CCc1cccnc1.COc1ccc2ccccc2c1.Cc1cccc(Cl)c1. The molecule has 1 amide bonds. The molecular formula is C94H144Cl2N4O5. The molecule has 0 spiro atoms. The average Bonchev–Trinajstić information content (AvgIpc) is 1.05. The van der Waals surface area contributed by atoms with Gasteiger partial charge in [0.25, 0.3) is 0 Å². The maximum absolute atomic E-state index is 9.93. The van der Waals surface area contributed by atoms with Crippen LogP contribution in [0.15, 0.2) is 244 Å². The minimum absolute atomic E-state index is 0. The van der Waals surface area contributed by atoms with Crippen molar-refractivity contribution in [2.75, 3.05) is 60.7 Å². The van der Waals surface area contributed by atoms with E-state index in [9.17, 15) is 4.79 Å². The van der Waals surface area contributed by atoms with Gasteiger partial charge in [-0.15, -0.1) is 6.58 Å². The van der Waals surface area contributed by atoms with Crippen LogP contribution in [-0.4, -0.2) is 86.6 Å². The van der Waals surface area contributed by atoms with Gasteiger partial charge in [-0.1, -0.05) is 291 Å². The van der Waals surface area contributed by atoms with E-state index in [1.807, 2.05) is 200 Å². The Balaban J connectivity index is -0.000000253. The van der Waals surface area contributed by atoms with Gasteiger partial charge in [0.15, 0.2) is 0 Å². The number of aliphatic hydroxyl groups is 1. The lowest BCUT2D eigenvalue weighted by Gasteiger charge is -2.08. The molecule has 0 bridgehead atoms. The number of carbonyl (C=O) groups excluding carboxylic acids is 1. The van der Waals surface area contributed by atoms with Crippen molar-refractivity contribution in [1.29, 1.82) is 0 Å². The third kappa shape index (κ3) is 67.7. The number of hydrogen-bond donors (Lipinski definition) is 2. The largest absolute Gasteiger partial charge is 0.497 e. The van der Waals surface area contributed by atoms with Crippen LogP contribution in [0, 0.1) is 12.8 Å². The number of fused-ring (bicyclic) bond motifs is 1. The summed E-state index contributed by atoms with van der Waals surface area (Å²) in [6, 6.07) is 68.6. The highest BCUT2D eigenvalue weighted by Crippen LogP contribution is 2.26. The predicted octanol–water partition coefficient (Wildman–Crippen LogP) is 26.5. The van der Waals surface area contributed by atoms with Gasteiger partial charge in [-0.2, -0.15) is 0 Å². The summed E-state index contributed by atoms with van der Waals surface area (Å²) in [4.78, 5) is 20.5. The molecule has 0 atom stereocenters. The van der Waals surface area contributed by atoms with Crippen molar-refractivity contribution in [2.24, 2.45) is 5.92 Å². The zero-order valence-corrected chi connectivity index (χ0v) is 68.4. The molecule has 0 unspecified atom stereocenters. The van der Waals surface area contributed by atoms with Crippen molar-refractivity contribution in [2.45, 2.75) is 196 Å². The standard InChI is InChI=1S/C11H10O.C9H12O.C8H9Cl.C8H10.C8H8.C7H7Cl.2C7H9N.C7H14.C6H13N.C4H9NO.C3H8O.C3H6.C2H6O.C2H6.2CH4/c1-12-11-7-6-9-4-2-3-5-10(9)8-11;1-3-8-4-6-9(10-2)7-5-8;1-2-7-4-3-5-8(9)6-7;2*1-2-8-6-4-3-5-7-8;1-6-3-2-4-7(8)5-6;1-2-7-4-3-5-8-6-7;1-2-7-5-3-4-6-8-7;2*1-2-7-5-3-4-6-7;1-3-5-4(2)6;1-3-4-2;1-3-2;1-2-3;1-2;;/h2-8H,1H3;4-7H,3H2,1-2H3;3-6H,2H2,1H3;3-7H,2H2,1H3;2-7H,1H2;2-5H,1H3;2*3-6H,2H2,1H3;7H,2-6H2,1H3;2-6H2,1H3;3H2,1-2H3,(H,5,6);3H2,1-2H3;3H,1H2,2H3;3H,2H2,1H3;1-2H3;2*1H4. The van der Waals surface area contributed by atoms with Gasteiger partial charge in [-0.3, -0.25) is 14.8 Å². The number of benzene rings is 7. The van der Waals surface area contributed by atoms with E-state index in [0.717, 1.165) is 78.4 Å². The molecule has 11 rings (SSSR count). The number of hydrogen-bond acceptors (Lipinski definition) is 8. The van der Waals surface area contributed by atoms with E-state index in [-0.39, 0.29) is 27.4 Å². The summed E-state index contributed by atoms with van der Waals surface area (Å²) in [5.74, 6) is 2.98. The van der Waals surface area contributed by atoms with E-state index < -0.39 is 0 Å². The number of methoxy groups -OCH3 is 3. The minimum Gasteiger partial charge on any atom is -0.497 e. The Bertz CT molecular complexity index is 3090. The van der Waals surface area contributed by atoms with Crippen LogP contribution in [0.3, 0.4) is 0 Å². The Labute approximate surface area is 653 Å². The smallest absolute Gasteiger partial charge is 0.216 e. The molecule has 2 fully saturated rings. The van der Waals surface area contributed by atoms with Crippen molar-refractivity contribution in [3.63, 3.8) is 0 Å². The van der Waals surface area contributed by atoms with Crippen LogP contribution in [0.5, 0.6) is 11.5 Å². The number of allylic oxidation sites excluding steroid dienone is 1. The summed E-state index contributed by atoms with van der Waals surface area (Å²) < 4.78 is 14.7. The molecule has 1 aliphatic heterocycles. The van der Waals surface area contributed by atoms with Gasteiger partial charge in [0, 0.05) is 68.1 Å². The number of rotatable bonds is 12. The lowest BCUT2D eigenvalue weighted by Crippen LogP contribution is -2.18. The summed E-state index contributed by atoms with van der Waals surface area (Å²) in [6.45, 7) is 42.8. The molecule has 11 heteroatoms. The number of ether oxygens (including phenoxy) is 3. The maximum atomic E-state index is 9.93. The summed E-state index contributed by atoms with van der Waals surface area (Å²) >= 11 is 11.4. The molecule has 7 aromatic carbocycles. The molecule has 0 radical (unpaired) electrons. The number of aliphatic hydroxyl groups excluding tert-OH is 1. The van der Waals surface area contributed by atoms with Crippen molar-refractivity contribution >= 4 is 46.0 Å². The van der Waals surface area contributed by atoms with Gasteiger partial charge < -0.3 is 29.5 Å². The van der Waals surface area contributed by atoms with E-state index in [4.69, 9.17) is 37.8 Å². The first-order valence-corrected chi connectivity index (χ1v) is 38.0. The van der Waals surface area contributed by atoms with Crippen LogP contribution in [0.4, 0.5) is 0 Å². The molecule has 1 saturated heterocycles. The number of aryl methyl sites for hydroxylation is 6. The second kappa shape index (κ2) is 81.8. The van der Waals surface area contributed by atoms with Gasteiger partial charge in [-0.25, -0.2) is 0 Å². The normalized spacial score (nSPS) is 10.5. The van der Waals surface area contributed by atoms with E-state index in [1.54, 1.807) is 40.5 Å². The Hall–Kier alpha value is -7.89. The van der Waals surface area contributed by atoms with Crippen LogP contribution in [0.2, 0.25) is 10.0 Å². The number of nitrogens with zero attached hydrogens (tertiary/aromatic N) is 3. The van der Waals surface area contributed by atoms with Crippen LogP contribution < -0.4 is 14.8 Å². The van der Waals surface area contributed by atoms with Crippen molar-refractivity contribution in [3.8, 4) is 11.5 Å². The number of likely N-dealkylation sites (tertiary alicyclic amines) is 1. The number of halogens is 2. The van der Waals surface area contributed by atoms with E-state index >= 15 is 0 Å². The summed E-state index contributed by atoms with van der Waals surface area (Å²) in [7, 11) is 5.05. The summed E-state index contributed by atoms with van der Waals surface area (Å²) in [5.41, 5.74) is 8.89. The molecule has 9 nitrogen and oxygen atoms in total. The van der Waals surface area contributed by atoms with E-state index in [1.165, 1.54) is 116 Å². The molecule has 9 aromatic rings. The monoisotopic (exact) mass is 1480 g/mol. The molecule has 3 heterocycles. The fourth-order valence-corrected chi connectivity index (χ4v) is 9.26. The first kappa shape index (κ1) is 108.